The average molecular weight is 251 g/mol. The molecule has 1 N–H and O–H groups in total. The quantitative estimate of drug-likeness (QED) is 0.756. The van der Waals surface area contributed by atoms with Crippen LogP contribution < -0.4 is 5.32 Å². The van der Waals surface area contributed by atoms with E-state index in [9.17, 15) is 0 Å². The van der Waals surface area contributed by atoms with Crippen LogP contribution in [0.15, 0.2) is 10.6 Å². The monoisotopic (exact) mass is 251 g/mol. The van der Waals surface area contributed by atoms with Crippen molar-refractivity contribution in [2.45, 2.75) is 58.2 Å². The van der Waals surface area contributed by atoms with Crippen LogP contribution >= 0.6 is 0 Å². The molecule has 0 spiro atoms. The van der Waals surface area contributed by atoms with E-state index in [1.165, 1.54) is 25.7 Å². The standard InChI is InChI=1S/C14H25N3O/c1-3-8-15-10-12-9-14(18-16-12)11-17(2)13-6-4-5-7-13/h9,13,15H,3-8,10-11H2,1-2H3. The van der Waals surface area contributed by atoms with Crippen LogP contribution in [0.2, 0.25) is 0 Å². The Morgan fingerprint density at radius 2 is 2.22 bits per heavy atom. The van der Waals surface area contributed by atoms with Crippen LogP contribution in [0, 0.1) is 0 Å². The van der Waals surface area contributed by atoms with Crippen LogP contribution in [-0.2, 0) is 13.1 Å². The molecule has 1 aromatic rings. The van der Waals surface area contributed by atoms with Gasteiger partial charge in [-0.15, -0.1) is 0 Å². The number of aromatic nitrogens is 1. The van der Waals surface area contributed by atoms with Gasteiger partial charge in [-0.2, -0.15) is 0 Å². The van der Waals surface area contributed by atoms with Gasteiger partial charge in [0.05, 0.1) is 12.2 Å². The number of rotatable bonds is 7. The van der Waals surface area contributed by atoms with E-state index in [1.54, 1.807) is 0 Å². The van der Waals surface area contributed by atoms with Gasteiger partial charge in [-0.05, 0) is 32.9 Å². The molecular weight excluding hydrogens is 226 g/mol. The second-order valence-electron chi connectivity index (χ2n) is 5.31. The molecule has 0 aliphatic heterocycles. The molecule has 1 aliphatic carbocycles. The summed E-state index contributed by atoms with van der Waals surface area (Å²) in [7, 11) is 2.19. The Balaban J connectivity index is 1.78. The highest BCUT2D eigenvalue weighted by molar-refractivity contribution is 5.05. The van der Waals surface area contributed by atoms with E-state index in [0.29, 0.717) is 0 Å². The van der Waals surface area contributed by atoms with Crippen LogP contribution in [0.4, 0.5) is 0 Å². The van der Waals surface area contributed by atoms with Gasteiger partial charge >= 0.3 is 0 Å². The summed E-state index contributed by atoms with van der Waals surface area (Å²) in [5.41, 5.74) is 1.01. The molecule has 0 amide bonds. The Labute approximate surface area is 110 Å². The lowest BCUT2D eigenvalue weighted by molar-refractivity contribution is 0.209. The fourth-order valence-electron chi connectivity index (χ4n) is 2.63. The van der Waals surface area contributed by atoms with Gasteiger partial charge in [-0.3, -0.25) is 4.90 Å². The molecular formula is C14H25N3O. The maximum atomic E-state index is 5.39. The van der Waals surface area contributed by atoms with Gasteiger partial charge in [-0.1, -0.05) is 24.9 Å². The molecule has 1 aromatic heterocycles. The van der Waals surface area contributed by atoms with E-state index in [2.05, 4.69) is 35.4 Å². The van der Waals surface area contributed by atoms with Crippen molar-refractivity contribution in [1.82, 2.24) is 15.4 Å². The molecule has 1 fully saturated rings. The molecule has 4 nitrogen and oxygen atoms in total. The third-order valence-corrected chi connectivity index (χ3v) is 3.69. The lowest BCUT2D eigenvalue weighted by Gasteiger charge is -2.22. The van der Waals surface area contributed by atoms with Crippen molar-refractivity contribution in [1.29, 1.82) is 0 Å². The molecule has 102 valence electrons. The Hall–Kier alpha value is -0.870. The topological polar surface area (TPSA) is 41.3 Å². The summed E-state index contributed by atoms with van der Waals surface area (Å²) in [4.78, 5) is 2.40. The van der Waals surface area contributed by atoms with Crippen molar-refractivity contribution >= 4 is 0 Å². The first-order chi connectivity index (χ1) is 8.79. The van der Waals surface area contributed by atoms with E-state index in [1.807, 2.05) is 0 Å². The molecule has 0 unspecified atom stereocenters. The van der Waals surface area contributed by atoms with Crippen LogP contribution in [-0.4, -0.2) is 29.7 Å². The molecule has 0 aromatic carbocycles. The van der Waals surface area contributed by atoms with Crippen molar-refractivity contribution in [3.05, 3.63) is 17.5 Å². The molecule has 1 aliphatic rings. The minimum absolute atomic E-state index is 0.733. The highest BCUT2D eigenvalue weighted by atomic mass is 16.5. The third kappa shape index (κ3) is 3.82. The van der Waals surface area contributed by atoms with E-state index in [4.69, 9.17) is 4.52 Å². The molecule has 18 heavy (non-hydrogen) atoms. The lowest BCUT2D eigenvalue weighted by Crippen LogP contribution is -2.28. The fourth-order valence-corrected chi connectivity index (χ4v) is 2.63. The van der Waals surface area contributed by atoms with Crippen molar-refractivity contribution in [2.24, 2.45) is 0 Å². The van der Waals surface area contributed by atoms with Gasteiger partial charge in [0.25, 0.3) is 0 Å². The summed E-state index contributed by atoms with van der Waals surface area (Å²) in [6.45, 7) is 4.89. The third-order valence-electron chi connectivity index (χ3n) is 3.69. The average Bonchev–Trinajstić information content (AvgIpc) is 3.00. The summed E-state index contributed by atoms with van der Waals surface area (Å²) in [6.07, 6.45) is 6.55. The maximum Gasteiger partial charge on any atom is 0.151 e. The van der Waals surface area contributed by atoms with Crippen LogP contribution in [0.5, 0.6) is 0 Å². The van der Waals surface area contributed by atoms with E-state index >= 15 is 0 Å². The predicted octanol–water partition coefficient (Wildman–Crippen LogP) is 2.55. The van der Waals surface area contributed by atoms with Crippen molar-refractivity contribution in [3.8, 4) is 0 Å². The van der Waals surface area contributed by atoms with E-state index in [0.717, 1.165) is 43.6 Å². The molecule has 1 saturated carbocycles. The number of nitrogens with one attached hydrogen (secondary N) is 1. The second kappa shape index (κ2) is 6.90. The number of hydrogen-bond acceptors (Lipinski definition) is 4. The van der Waals surface area contributed by atoms with Crippen molar-refractivity contribution in [2.75, 3.05) is 13.6 Å². The normalized spacial score (nSPS) is 16.8. The van der Waals surface area contributed by atoms with Gasteiger partial charge in [0, 0.05) is 18.7 Å². The Morgan fingerprint density at radius 3 is 2.94 bits per heavy atom. The Morgan fingerprint density at radius 1 is 1.44 bits per heavy atom. The molecule has 2 rings (SSSR count). The first-order valence-electron chi connectivity index (χ1n) is 7.15. The van der Waals surface area contributed by atoms with E-state index in [-0.39, 0.29) is 0 Å². The minimum atomic E-state index is 0.733. The van der Waals surface area contributed by atoms with Crippen LogP contribution in [0.3, 0.4) is 0 Å². The van der Waals surface area contributed by atoms with Gasteiger partial charge in [-0.25, -0.2) is 0 Å². The maximum absolute atomic E-state index is 5.39. The number of nitrogens with zero attached hydrogens (tertiary/aromatic N) is 2. The summed E-state index contributed by atoms with van der Waals surface area (Å²) >= 11 is 0. The summed E-state index contributed by atoms with van der Waals surface area (Å²) in [6, 6.07) is 2.81. The fraction of sp³-hybridized carbons (Fsp3) is 0.786. The molecule has 0 atom stereocenters. The minimum Gasteiger partial charge on any atom is -0.360 e. The summed E-state index contributed by atoms with van der Waals surface area (Å²) < 4.78 is 5.39. The van der Waals surface area contributed by atoms with Gasteiger partial charge in [0.15, 0.2) is 5.76 Å². The highest BCUT2D eigenvalue weighted by Crippen LogP contribution is 2.23. The zero-order chi connectivity index (χ0) is 12.8. The Kier molecular flexibility index (Phi) is 5.20. The summed E-state index contributed by atoms with van der Waals surface area (Å²) in [5, 5.41) is 7.44. The van der Waals surface area contributed by atoms with Crippen LogP contribution in [0.1, 0.15) is 50.5 Å². The van der Waals surface area contributed by atoms with Crippen LogP contribution in [0.25, 0.3) is 0 Å². The number of hydrogen-bond donors (Lipinski definition) is 1. The second-order valence-corrected chi connectivity index (χ2v) is 5.31. The molecule has 0 bridgehead atoms. The molecule has 0 saturated heterocycles. The molecule has 0 radical (unpaired) electrons. The first kappa shape index (κ1) is 13.6. The first-order valence-corrected chi connectivity index (χ1v) is 7.15. The molecule has 1 heterocycles. The van der Waals surface area contributed by atoms with Gasteiger partial charge in [0.2, 0.25) is 0 Å². The van der Waals surface area contributed by atoms with Crippen molar-refractivity contribution in [3.63, 3.8) is 0 Å². The smallest absolute Gasteiger partial charge is 0.151 e. The van der Waals surface area contributed by atoms with Gasteiger partial charge < -0.3 is 9.84 Å². The predicted molar refractivity (Wildman–Crippen MR) is 72.2 cm³/mol. The summed E-state index contributed by atoms with van der Waals surface area (Å²) in [5.74, 6) is 0.984. The van der Waals surface area contributed by atoms with Crippen molar-refractivity contribution < 1.29 is 4.52 Å². The SMILES string of the molecule is CCCNCc1cc(CN(C)C2CCCC2)on1. The zero-order valence-corrected chi connectivity index (χ0v) is 11.6. The van der Waals surface area contributed by atoms with E-state index < -0.39 is 0 Å². The largest absolute Gasteiger partial charge is 0.360 e. The zero-order valence-electron chi connectivity index (χ0n) is 11.6. The Bertz CT molecular complexity index is 345. The van der Waals surface area contributed by atoms with Gasteiger partial charge in [0.1, 0.15) is 0 Å². The molecule has 4 heteroatoms. The lowest BCUT2D eigenvalue weighted by atomic mass is 10.2. The highest BCUT2D eigenvalue weighted by Gasteiger charge is 2.20.